The number of phenolic OH excluding ortho intramolecular Hbond substituents is 2. The molecule has 1 aromatic rings. The van der Waals surface area contributed by atoms with Crippen molar-refractivity contribution in [2.24, 2.45) is 0 Å². The monoisotopic (exact) mass is 222 g/mol. The SMILES string of the molecule is OC1(O)C=CC=CC1.Oc1ccccc1O. The van der Waals surface area contributed by atoms with Crippen LogP contribution >= 0.6 is 0 Å². The first-order valence-electron chi connectivity index (χ1n) is 4.77. The van der Waals surface area contributed by atoms with Gasteiger partial charge in [0.25, 0.3) is 0 Å². The highest BCUT2D eigenvalue weighted by Crippen LogP contribution is 2.21. The summed E-state index contributed by atoms with van der Waals surface area (Å²) in [5.41, 5.74) is 0. The van der Waals surface area contributed by atoms with Crippen LogP contribution < -0.4 is 0 Å². The number of rotatable bonds is 0. The Hall–Kier alpha value is -1.78. The number of allylic oxidation sites excluding steroid dienone is 2. The van der Waals surface area contributed by atoms with Crippen LogP contribution in [0, 0.1) is 0 Å². The molecule has 0 radical (unpaired) electrons. The number of hydrogen-bond donors (Lipinski definition) is 4. The summed E-state index contributed by atoms with van der Waals surface area (Å²) >= 11 is 0. The number of aromatic hydroxyl groups is 2. The number of aliphatic hydroxyl groups is 2. The molecule has 0 saturated carbocycles. The molecule has 0 bridgehead atoms. The standard InChI is InChI=1S/C6H8O2.C6H6O2/c7-6(8)4-2-1-3-5-6;7-5-3-1-2-4-6(5)8/h1-4,7-8H,5H2;1-4,7-8H. The van der Waals surface area contributed by atoms with E-state index < -0.39 is 5.79 Å². The third-order valence-electron chi connectivity index (χ3n) is 1.91. The maximum Gasteiger partial charge on any atom is 0.186 e. The molecule has 86 valence electrons. The molecule has 1 aliphatic rings. The van der Waals surface area contributed by atoms with Crippen LogP contribution in [0.2, 0.25) is 0 Å². The predicted octanol–water partition coefficient (Wildman–Crippen LogP) is 1.28. The predicted molar refractivity (Wildman–Crippen MR) is 59.8 cm³/mol. The summed E-state index contributed by atoms with van der Waals surface area (Å²) in [5.74, 6) is -1.74. The van der Waals surface area contributed by atoms with Gasteiger partial charge in [-0.25, -0.2) is 0 Å². The quantitative estimate of drug-likeness (QED) is 0.394. The van der Waals surface area contributed by atoms with E-state index in [4.69, 9.17) is 20.4 Å². The van der Waals surface area contributed by atoms with Gasteiger partial charge in [0.05, 0.1) is 0 Å². The number of hydrogen-bond acceptors (Lipinski definition) is 4. The van der Waals surface area contributed by atoms with Crippen molar-refractivity contribution < 1.29 is 20.4 Å². The highest BCUT2D eigenvalue weighted by Gasteiger charge is 2.17. The summed E-state index contributed by atoms with van der Waals surface area (Å²) in [6.07, 6.45) is 6.75. The second-order valence-corrected chi connectivity index (χ2v) is 3.36. The summed E-state index contributed by atoms with van der Waals surface area (Å²) in [6, 6.07) is 6.15. The molecule has 0 atom stereocenters. The van der Waals surface area contributed by atoms with Crippen molar-refractivity contribution in [3.63, 3.8) is 0 Å². The zero-order valence-corrected chi connectivity index (χ0v) is 8.61. The largest absolute Gasteiger partial charge is 0.504 e. The average Bonchev–Trinajstić information content (AvgIpc) is 2.23. The van der Waals surface area contributed by atoms with Crippen LogP contribution in [0.4, 0.5) is 0 Å². The molecule has 0 spiro atoms. The van der Waals surface area contributed by atoms with E-state index in [1.165, 1.54) is 18.2 Å². The molecule has 0 unspecified atom stereocenters. The molecule has 4 nitrogen and oxygen atoms in total. The zero-order valence-electron chi connectivity index (χ0n) is 8.61. The van der Waals surface area contributed by atoms with Crippen molar-refractivity contribution in [3.05, 3.63) is 48.6 Å². The normalized spacial score (nSPS) is 16.4. The Morgan fingerprint density at radius 3 is 1.75 bits per heavy atom. The molecule has 1 aliphatic carbocycles. The highest BCUT2D eigenvalue weighted by atomic mass is 16.5. The molecule has 0 fully saturated rings. The highest BCUT2D eigenvalue weighted by molar-refractivity contribution is 5.36. The molecule has 4 N–H and O–H groups in total. The number of phenols is 2. The molecule has 0 heterocycles. The van der Waals surface area contributed by atoms with E-state index in [0.717, 1.165) is 0 Å². The van der Waals surface area contributed by atoms with Gasteiger partial charge in [-0.05, 0) is 18.2 Å². The second kappa shape index (κ2) is 5.34. The number of benzene rings is 1. The molecule has 0 aliphatic heterocycles. The van der Waals surface area contributed by atoms with Crippen LogP contribution in [-0.2, 0) is 0 Å². The third-order valence-corrected chi connectivity index (χ3v) is 1.91. The minimum absolute atomic E-state index is 0.0764. The first kappa shape index (κ1) is 12.3. The van der Waals surface area contributed by atoms with Crippen LogP contribution in [0.3, 0.4) is 0 Å². The topological polar surface area (TPSA) is 80.9 Å². The van der Waals surface area contributed by atoms with E-state index in [0.29, 0.717) is 6.42 Å². The Morgan fingerprint density at radius 2 is 1.50 bits per heavy atom. The molecule has 0 aromatic heterocycles. The van der Waals surface area contributed by atoms with Gasteiger partial charge in [0.1, 0.15) is 0 Å². The van der Waals surface area contributed by atoms with E-state index in [9.17, 15) is 0 Å². The summed E-state index contributed by atoms with van der Waals surface area (Å²) in [7, 11) is 0. The van der Waals surface area contributed by atoms with Gasteiger partial charge in [0.15, 0.2) is 17.3 Å². The minimum Gasteiger partial charge on any atom is -0.504 e. The van der Waals surface area contributed by atoms with Crippen LogP contribution in [-0.4, -0.2) is 26.2 Å². The van der Waals surface area contributed by atoms with Gasteiger partial charge in [-0.2, -0.15) is 0 Å². The summed E-state index contributed by atoms with van der Waals surface area (Å²) in [4.78, 5) is 0. The second-order valence-electron chi connectivity index (χ2n) is 3.36. The van der Waals surface area contributed by atoms with Crippen LogP contribution in [0.1, 0.15) is 6.42 Å². The summed E-state index contributed by atoms with van der Waals surface area (Å²) < 4.78 is 0. The Morgan fingerprint density at radius 1 is 0.938 bits per heavy atom. The van der Waals surface area contributed by atoms with Gasteiger partial charge < -0.3 is 20.4 Å². The first-order valence-corrected chi connectivity index (χ1v) is 4.77. The maximum atomic E-state index is 8.79. The van der Waals surface area contributed by atoms with Crippen molar-refractivity contribution in [1.82, 2.24) is 0 Å². The summed E-state index contributed by atoms with van der Waals surface area (Å²) in [6.45, 7) is 0. The molecule has 2 rings (SSSR count). The smallest absolute Gasteiger partial charge is 0.186 e. The van der Waals surface area contributed by atoms with E-state index >= 15 is 0 Å². The van der Waals surface area contributed by atoms with Crippen molar-refractivity contribution in [2.75, 3.05) is 0 Å². The van der Waals surface area contributed by atoms with E-state index in [1.54, 1.807) is 30.4 Å². The number of para-hydroxylation sites is 2. The third kappa shape index (κ3) is 4.16. The lowest BCUT2D eigenvalue weighted by atomic mass is 10.1. The maximum absolute atomic E-state index is 8.79. The lowest BCUT2D eigenvalue weighted by Gasteiger charge is -2.16. The van der Waals surface area contributed by atoms with Crippen LogP contribution in [0.15, 0.2) is 48.6 Å². The van der Waals surface area contributed by atoms with Crippen LogP contribution in [0.5, 0.6) is 11.5 Å². The van der Waals surface area contributed by atoms with Gasteiger partial charge in [-0.15, -0.1) is 0 Å². The fourth-order valence-electron chi connectivity index (χ4n) is 1.06. The fraction of sp³-hybridized carbons (Fsp3) is 0.167. The van der Waals surface area contributed by atoms with Crippen molar-refractivity contribution in [1.29, 1.82) is 0 Å². The van der Waals surface area contributed by atoms with E-state index in [1.807, 2.05) is 0 Å². The van der Waals surface area contributed by atoms with E-state index in [2.05, 4.69) is 0 Å². The lowest BCUT2D eigenvalue weighted by molar-refractivity contribution is -0.115. The Balaban J connectivity index is 0.000000160. The van der Waals surface area contributed by atoms with Crippen molar-refractivity contribution >= 4 is 0 Å². The Bertz CT molecular complexity index is 373. The molecule has 16 heavy (non-hydrogen) atoms. The zero-order chi connectivity index (χ0) is 12.0. The summed E-state index contributed by atoms with van der Waals surface area (Å²) in [5, 5.41) is 34.9. The minimum atomic E-state index is -1.59. The molecular weight excluding hydrogens is 208 g/mol. The Kier molecular flexibility index (Phi) is 4.10. The molecule has 4 heteroatoms. The first-order chi connectivity index (χ1) is 7.51. The fourth-order valence-corrected chi connectivity index (χ4v) is 1.06. The lowest BCUT2D eigenvalue weighted by Crippen LogP contribution is -2.24. The molecule has 0 amide bonds. The van der Waals surface area contributed by atoms with Crippen molar-refractivity contribution in [2.45, 2.75) is 12.2 Å². The van der Waals surface area contributed by atoms with Gasteiger partial charge in [0.2, 0.25) is 0 Å². The van der Waals surface area contributed by atoms with Gasteiger partial charge in [-0.3, -0.25) is 0 Å². The Labute approximate surface area is 93.4 Å². The molecular formula is C12H14O4. The van der Waals surface area contributed by atoms with Crippen LogP contribution in [0.25, 0.3) is 0 Å². The average molecular weight is 222 g/mol. The molecule has 1 aromatic carbocycles. The van der Waals surface area contributed by atoms with Gasteiger partial charge in [-0.1, -0.05) is 30.4 Å². The van der Waals surface area contributed by atoms with Gasteiger partial charge >= 0.3 is 0 Å². The van der Waals surface area contributed by atoms with E-state index in [-0.39, 0.29) is 11.5 Å². The van der Waals surface area contributed by atoms with Crippen molar-refractivity contribution in [3.8, 4) is 11.5 Å². The molecule has 0 saturated heterocycles. The van der Waals surface area contributed by atoms with Gasteiger partial charge in [0, 0.05) is 6.42 Å².